The second-order valence-electron chi connectivity index (χ2n) is 7.16. The molecule has 0 aliphatic rings. The number of hydrogen-bond acceptors (Lipinski definition) is 9. The van der Waals surface area contributed by atoms with E-state index in [0.29, 0.717) is 36.0 Å². The highest BCUT2D eigenvalue weighted by Gasteiger charge is 2.14. The maximum absolute atomic E-state index is 12.1. The van der Waals surface area contributed by atoms with Crippen LogP contribution in [0.2, 0.25) is 0 Å². The minimum atomic E-state index is -0.449. The predicted octanol–water partition coefficient (Wildman–Crippen LogP) is 5.07. The van der Waals surface area contributed by atoms with E-state index in [2.05, 4.69) is 15.3 Å². The molecule has 0 atom stereocenters. The molecule has 2 aromatic carbocycles. The molecule has 0 saturated carbocycles. The Hall–Kier alpha value is -3.98. The highest BCUT2D eigenvalue weighted by molar-refractivity contribution is 7.13. The standard InChI is InChI=1S/C25H24N4O4S/c1-4-33-25(30)19-13-26-15-28-23(19)27-12-16-5-7-17(8-6-16)24-29-20(14-34-24)18-9-10-21(31-2)22(11-18)32-3/h5-11,13-15H,4,12H2,1-3H3,(H,26,27,28). The van der Waals surface area contributed by atoms with Crippen LogP contribution in [0.15, 0.2) is 60.4 Å². The van der Waals surface area contributed by atoms with Crippen LogP contribution in [0.25, 0.3) is 21.8 Å². The third-order valence-corrected chi connectivity index (χ3v) is 5.94. The number of nitrogens with zero attached hydrogens (tertiary/aromatic N) is 3. The van der Waals surface area contributed by atoms with E-state index in [4.69, 9.17) is 19.2 Å². The van der Waals surface area contributed by atoms with Crippen molar-refractivity contribution < 1.29 is 19.0 Å². The third kappa shape index (κ3) is 5.15. The first kappa shape index (κ1) is 23.2. The zero-order valence-corrected chi connectivity index (χ0v) is 19.9. The first-order valence-electron chi connectivity index (χ1n) is 10.6. The lowest BCUT2D eigenvalue weighted by Gasteiger charge is -2.10. The Morgan fingerprint density at radius 1 is 1.03 bits per heavy atom. The minimum absolute atomic E-state index is 0.291. The van der Waals surface area contributed by atoms with E-state index >= 15 is 0 Å². The average Bonchev–Trinajstić information content (AvgIpc) is 3.38. The Morgan fingerprint density at radius 2 is 1.79 bits per heavy atom. The summed E-state index contributed by atoms with van der Waals surface area (Å²) < 4.78 is 15.8. The Labute approximate surface area is 201 Å². The summed E-state index contributed by atoms with van der Waals surface area (Å²) in [5.74, 6) is 1.34. The number of aromatic nitrogens is 3. The Kier molecular flexibility index (Phi) is 7.34. The second kappa shape index (κ2) is 10.8. The van der Waals surface area contributed by atoms with Crippen LogP contribution in [0.1, 0.15) is 22.8 Å². The lowest BCUT2D eigenvalue weighted by Crippen LogP contribution is -2.11. The molecule has 174 valence electrons. The number of nitrogens with one attached hydrogen (secondary N) is 1. The number of benzene rings is 2. The molecule has 0 bridgehead atoms. The van der Waals surface area contributed by atoms with Gasteiger partial charge in [-0.25, -0.2) is 19.7 Å². The van der Waals surface area contributed by atoms with Crippen LogP contribution < -0.4 is 14.8 Å². The van der Waals surface area contributed by atoms with Gasteiger partial charge in [0.25, 0.3) is 0 Å². The van der Waals surface area contributed by atoms with Gasteiger partial charge in [-0.3, -0.25) is 0 Å². The number of carbonyl (C=O) groups excluding carboxylic acids is 1. The Balaban J connectivity index is 1.45. The molecule has 4 rings (SSSR count). The zero-order chi connectivity index (χ0) is 23.9. The molecule has 0 aliphatic heterocycles. The quantitative estimate of drug-likeness (QED) is 0.335. The maximum atomic E-state index is 12.1. The number of carbonyl (C=O) groups is 1. The average molecular weight is 477 g/mol. The lowest BCUT2D eigenvalue weighted by atomic mass is 10.1. The van der Waals surface area contributed by atoms with Crippen LogP contribution in [-0.2, 0) is 11.3 Å². The molecule has 0 fully saturated rings. The van der Waals surface area contributed by atoms with Gasteiger partial charge in [0.05, 0.1) is 26.5 Å². The molecular weight excluding hydrogens is 452 g/mol. The maximum Gasteiger partial charge on any atom is 0.343 e. The number of thiazole rings is 1. The number of rotatable bonds is 9. The number of anilines is 1. The Morgan fingerprint density at radius 3 is 2.53 bits per heavy atom. The fourth-order valence-corrected chi connectivity index (χ4v) is 4.15. The van der Waals surface area contributed by atoms with Crippen molar-refractivity contribution in [1.82, 2.24) is 15.0 Å². The van der Waals surface area contributed by atoms with E-state index in [1.807, 2.05) is 47.8 Å². The predicted molar refractivity (Wildman–Crippen MR) is 131 cm³/mol. The van der Waals surface area contributed by atoms with Crippen molar-refractivity contribution in [3.05, 3.63) is 71.5 Å². The minimum Gasteiger partial charge on any atom is -0.493 e. The van der Waals surface area contributed by atoms with Gasteiger partial charge in [-0.2, -0.15) is 0 Å². The largest absolute Gasteiger partial charge is 0.493 e. The molecule has 9 heteroatoms. The monoisotopic (exact) mass is 476 g/mol. The van der Waals surface area contributed by atoms with Crippen molar-refractivity contribution in [3.63, 3.8) is 0 Å². The molecule has 0 saturated heterocycles. The van der Waals surface area contributed by atoms with Crippen molar-refractivity contribution in [2.24, 2.45) is 0 Å². The molecule has 0 aliphatic carbocycles. The van der Waals surface area contributed by atoms with Crippen LogP contribution in [0, 0.1) is 0 Å². The van der Waals surface area contributed by atoms with Crippen LogP contribution in [0.3, 0.4) is 0 Å². The van der Waals surface area contributed by atoms with E-state index < -0.39 is 5.97 Å². The van der Waals surface area contributed by atoms with Crippen molar-refractivity contribution in [2.75, 3.05) is 26.1 Å². The van der Waals surface area contributed by atoms with Gasteiger partial charge in [0.2, 0.25) is 0 Å². The summed E-state index contributed by atoms with van der Waals surface area (Å²) in [5, 5.41) is 6.13. The molecule has 8 nitrogen and oxygen atoms in total. The van der Waals surface area contributed by atoms with Gasteiger partial charge >= 0.3 is 5.97 Å². The lowest BCUT2D eigenvalue weighted by molar-refractivity contribution is 0.0526. The van der Waals surface area contributed by atoms with Crippen molar-refractivity contribution in [3.8, 4) is 33.3 Å². The van der Waals surface area contributed by atoms with E-state index in [1.165, 1.54) is 12.5 Å². The van der Waals surface area contributed by atoms with E-state index in [0.717, 1.165) is 27.4 Å². The molecule has 0 radical (unpaired) electrons. The number of ether oxygens (including phenoxy) is 3. The third-order valence-electron chi connectivity index (χ3n) is 5.05. The number of methoxy groups -OCH3 is 2. The summed E-state index contributed by atoms with van der Waals surface area (Å²) in [6, 6.07) is 13.9. The van der Waals surface area contributed by atoms with Gasteiger partial charge in [0.15, 0.2) is 11.5 Å². The summed E-state index contributed by atoms with van der Waals surface area (Å²) in [4.78, 5) is 25.0. The number of hydrogen-bond donors (Lipinski definition) is 1. The van der Waals surface area contributed by atoms with Gasteiger partial charge in [-0.05, 0) is 30.7 Å². The van der Waals surface area contributed by atoms with Gasteiger partial charge in [-0.1, -0.05) is 24.3 Å². The first-order valence-corrected chi connectivity index (χ1v) is 11.5. The van der Waals surface area contributed by atoms with E-state index in [1.54, 1.807) is 32.5 Å². The van der Waals surface area contributed by atoms with Crippen LogP contribution in [-0.4, -0.2) is 41.7 Å². The fraction of sp³-hybridized carbons (Fsp3) is 0.200. The van der Waals surface area contributed by atoms with Crippen LogP contribution in [0.5, 0.6) is 11.5 Å². The van der Waals surface area contributed by atoms with Crippen LogP contribution >= 0.6 is 11.3 Å². The molecule has 2 aromatic heterocycles. The highest BCUT2D eigenvalue weighted by Crippen LogP contribution is 2.34. The molecule has 34 heavy (non-hydrogen) atoms. The summed E-state index contributed by atoms with van der Waals surface area (Å²) in [6.45, 7) is 2.55. The van der Waals surface area contributed by atoms with Crippen molar-refractivity contribution >= 4 is 23.1 Å². The van der Waals surface area contributed by atoms with E-state index in [-0.39, 0.29) is 0 Å². The summed E-state index contributed by atoms with van der Waals surface area (Å²) >= 11 is 1.58. The van der Waals surface area contributed by atoms with Gasteiger partial charge in [0, 0.05) is 29.2 Å². The number of esters is 1. The topological polar surface area (TPSA) is 95.5 Å². The normalized spacial score (nSPS) is 10.6. The molecule has 0 amide bonds. The molecule has 0 spiro atoms. The summed E-state index contributed by atoms with van der Waals surface area (Å²) in [6.07, 6.45) is 2.85. The molecule has 2 heterocycles. The highest BCUT2D eigenvalue weighted by atomic mass is 32.1. The zero-order valence-electron chi connectivity index (χ0n) is 19.1. The molecule has 1 N–H and O–H groups in total. The summed E-state index contributed by atoms with van der Waals surface area (Å²) in [7, 11) is 3.23. The molecular formula is C25H24N4O4S. The first-order chi connectivity index (χ1) is 16.6. The van der Waals surface area contributed by atoms with Crippen molar-refractivity contribution in [2.45, 2.75) is 13.5 Å². The smallest absolute Gasteiger partial charge is 0.343 e. The molecule has 0 unspecified atom stereocenters. The van der Waals surface area contributed by atoms with E-state index in [9.17, 15) is 4.79 Å². The van der Waals surface area contributed by atoms with Gasteiger partial charge < -0.3 is 19.5 Å². The Bertz CT molecular complexity index is 1270. The van der Waals surface area contributed by atoms with Gasteiger partial charge in [-0.15, -0.1) is 11.3 Å². The molecule has 4 aromatic rings. The fourth-order valence-electron chi connectivity index (χ4n) is 3.31. The van der Waals surface area contributed by atoms with Crippen LogP contribution in [0.4, 0.5) is 5.82 Å². The van der Waals surface area contributed by atoms with Crippen molar-refractivity contribution in [1.29, 1.82) is 0 Å². The summed E-state index contributed by atoms with van der Waals surface area (Å²) in [5.41, 5.74) is 4.21. The second-order valence-corrected chi connectivity index (χ2v) is 8.02. The van der Waals surface area contributed by atoms with Gasteiger partial charge in [0.1, 0.15) is 22.7 Å². The SMILES string of the molecule is CCOC(=O)c1cncnc1NCc1ccc(-c2nc(-c3ccc(OC)c(OC)c3)cs2)cc1.